The van der Waals surface area contributed by atoms with Gasteiger partial charge in [-0.2, -0.15) is 0 Å². The highest BCUT2D eigenvalue weighted by Gasteiger charge is 2.39. The highest BCUT2D eigenvalue weighted by molar-refractivity contribution is 5.77. The van der Waals surface area contributed by atoms with Gasteiger partial charge < -0.3 is 15.3 Å². The van der Waals surface area contributed by atoms with Gasteiger partial charge in [0.15, 0.2) is 0 Å². The minimum atomic E-state index is -0.820. The lowest BCUT2D eigenvalue weighted by molar-refractivity contribution is -0.139. The number of hydrogen-bond acceptors (Lipinski definition) is 2. The third kappa shape index (κ3) is 4.61. The van der Waals surface area contributed by atoms with E-state index in [1.54, 1.807) is 0 Å². The maximum absolute atomic E-state index is 12.6. The fraction of sp³-hybridized carbons (Fsp3) is 0.875. The van der Waals surface area contributed by atoms with Crippen LogP contribution in [-0.2, 0) is 4.79 Å². The van der Waals surface area contributed by atoms with Gasteiger partial charge in [0.25, 0.3) is 0 Å². The average molecular weight is 296 g/mol. The van der Waals surface area contributed by atoms with Crippen LogP contribution in [0.4, 0.5) is 4.79 Å². The van der Waals surface area contributed by atoms with Gasteiger partial charge in [-0.05, 0) is 31.6 Å². The second-order valence-electron chi connectivity index (χ2n) is 7.12. The summed E-state index contributed by atoms with van der Waals surface area (Å²) >= 11 is 0. The number of nitrogens with one attached hydrogen (secondary N) is 1. The summed E-state index contributed by atoms with van der Waals surface area (Å²) in [6.07, 6.45) is 6.89. The predicted octanol–water partition coefficient (Wildman–Crippen LogP) is 2.99. The number of aliphatic carboxylic acids is 1. The molecule has 2 saturated carbocycles. The van der Waals surface area contributed by atoms with E-state index in [1.807, 2.05) is 4.90 Å². The van der Waals surface area contributed by atoms with E-state index >= 15 is 0 Å². The quantitative estimate of drug-likeness (QED) is 0.791. The molecule has 0 aromatic carbocycles. The summed E-state index contributed by atoms with van der Waals surface area (Å²) < 4.78 is 0. The lowest BCUT2D eigenvalue weighted by Gasteiger charge is -2.39. The van der Waals surface area contributed by atoms with Crippen molar-refractivity contribution in [3.8, 4) is 0 Å². The summed E-state index contributed by atoms with van der Waals surface area (Å²) in [6, 6.07) is 0.298. The highest BCUT2D eigenvalue weighted by atomic mass is 16.4. The summed E-state index contributed by atoms with van der Waals surface area (Å²) in [4.78, 5) is 25.7. The lowest BCUT2D eigenvalue weighted by atomic mass is 9.79. The molecule has 0 radical (unpaired) electrons. The number of carboxylic acids is 1. The molecule has 2 aliphatic carbocycles. The first kappa shape index (κ1) is 16.1. The van der Waals surface area contributed by atoms with Gasteiger partial charge >= 0.3 is 12.0 Å². The minimum absolute atomic E-state index is 0.0406. The first-order valence-electron chi connectivity index (χ1n) is 8.22. The molecule has 5 nitrogen and oxygen atoms in total. The normalized spacial score (nSPS) is 21.1. The van der Waals surface area contributed by atoms with Crippen molar-refractivity contribution in [2.24, 2.45) is 5.92 Å². The van der Waals surface area contributed by atoms with Crippen LogP contribution in [0, 0.1) is 5.92 Å². The van der Waals surface area contributed by atoms with E-state index in [-0.39, 0.29) is 12.5 Å². The molecule has 0 bridgehead atoms. The molecule has 0 atom stereocenters. The van der Waals surface area contributed by atoms with Crippen LogP contribution < -0.4 is 5.32 Å². The fourth-order valence-electron chi connectivity index (χ4n) is 3.34. The number of nitrogens with zero attached hydrogens (tertiary/aromatic N) is 1. The van der Waals surface area contributed by atoms with Crippen molar-refractivity contribution in [1.29, 1.82) is 0 Å². The number of amides is 2. The van der Waals surface area contributed by atoms with E-state index in [2.05, 4.69) is 19.2 Å². The highest BCUT2D eigenvalue weighted by Crippen LogP contribution is 2.33. The second kappa shape index (κ2) is 6.67. The van der Waals surface area contributed by atoms with Crippen LogP contribution in [0.2, 0.25) is 0 Å². The van der Waals surface area contributed by atoms with Crippen LogP contribution in [0.1, 0.15) is 65.2 Å². The molecule has 2 N–H and O–H groups in total. The zero-order chi connectivity index (χ0) is 15.5. The molecular formula is C16H28N2O3. The summed E-state index contributed by atoms with van der Waals surface area (Å²) in [5.41, 5.74) is -0.536. The zero-order valence-electron chi connectivity index (χ0n) is 13.2. The topological polar surface area (TPSA) is 69.6 Å². The Bertz CT molecular complexity index is 385. The number of hydrogen-bond donors (Lipinski definition) is 2. The van der Waals surface area contributed by atoms with Crippen LogP contribution in [0.15, 0.2) is 0 Å². The summed E-state index contributed by atoms with van der Waals surface area (Å²) in [5, 5.41) is 12.3. The molecule has 2 aliphatic rings. The third-order valence-corrected chi connectivity index (χ3v) is 4.48. The zero-order valence-corrected chi connectivity index (χ0v) is 13.2. The molecule has 2 fully saturated rings. The van der Waals surface area contributed by atoms with Gasteiger partial charge in [0.1, 0.15) is 0 Å². The first-order valence-corrected chi connectivity index (χ1v) is 8.22. The van der Waals surface area contributed by atoms with Gasteiger partial charge in [0.05, 0.1) is 12.0 Å². The second-order valence-corrected chi connectivity index (χ2v) is 7.12. The maximum atomic E-state index is 12.6. The predicted molar refractivity (Wildman–Crippen MR) is 81.2 cm³/mol. The van der Waals surface area contributed by atoms with Crippen molar-refractivity contribution >= 4 is 12.0 Å². The monoisotopic (exact) mass is 296 g/mol. The van der Waals surface area contributed by atoms with E-state index in [4.69, 9.17) is 0 Å². The van der Waals surface area contributed by atoms with Gasteiger partial charge in [-0.3, -0.25) is 4.79 Å². The largest absolute Gasteiger partial charge is 0.481 e. The molecule has 0 spiro atoms. The average Bonchev–Trinajstić information content (AvgIpc) is 3.19. The Morgan fingerprint density at radius 2 is 1.86 bits per heavy atom. The van der Waals surface area contributed by atoms with Crippen molar-refractivity contribution < 1.29 is 14.7 Å². The van der Waals surface area contributed by atoms with E-state index in [0.29, 0.717) is 12.0 Å². The lowest BCUT2D eigenvalue weighted by Crippen LogP contribution is -2.56. The van der Waals surface area contributed by atoms with E-state index < -0.39 is 11.5 Å². The Balaban J connectivity index is 2.03. The molecule has 5 heteroatoms. The van der Waals surface area contributed by atoms with Gasteiger partial charge in [-0.1, -0.05) is 33.1 Å². The molecule has 2 rings (SSSR count). The number of rotatable bonds is 6. The smallest absolute Gasteiger partial charge is 0.318 e. The standard InChI is InChI=1S/C16H28N2O3/c1-12(2)11-18(13-6-7-13)15(21)17-16(10-14(19)20)8-4-3-5-9-16/h12-13H,3-11H2,1-2H3,(H,17,21)(H,19,20). The van der Waals surface area contributed by atoms with E-state index in [0.717, 1.165) is 51.5 Å². The number of carbonyl (C=O) groups excluding carboxylic acids is 1. The molecule has 0 saturated heterocycles. The van der Waals surface area contributed by atoms with Crippen LogP contribution in [0.25, 0.3) is 0 Å². The SMILES string of the molecule is CC(C)CN(C(=O)NC1(CC(=O)O)CCCCC1)C1CC1. The molecular weight excluding hydrogens is 268 g/mol. The Kier molecular flexibility index (Phi) is 5.12. The molecule has 2 amide bonds. The molecule has 0 aliphatic heterocycles. The minimum Gasteiger partial charge on any atom is -0.481 e. The molecule has 0 heterocycles. The summed E-state index contributed by atoms with van der Waals surface area (Å²) in [6.45, 7) is 4.96. The Morgan fingerprint density at radius 3 is 2.33 bits per heavy atom. The van der Waals surface area contributed by atoms with Gasteiger partial charge in [0.2, 0.25) is 0 Å². The van der Waals surface area contributed by atoms with E-state index in [1.165, 1.54) is 0 Å². The Labute approximate surface area is 127 Å². The molecule has 21 heavy (non-hydrogen) atoms. The van der Waals surface area contributed by atoms with Crippen LogP contribution in [0.5, 0.6) is 0 Å². The molecule has 120 valence electrons. The van der Waals surface area contributed by atoms with Gasteiger partial charge in [-0.25, -0.2) is 4.79 Å². The number of urea groups is 1. The molecule has 0 aromatic rings. The van der Waals surface area contributed by atoms with Crippen molar-refractivity contribution in [1.82, 2.24) is 10.2 Å². The van der Waals surface area contributed by atoms with Crippen molar-refractivity contribution in [2.45, 2.75) is 76.8 Å². The number of carbonyl (C=O) groups is 2. The fourth-order valence-corrected chi connectivity index (χ4v) is 3.34. The van der Waals surface area contributed by atoms with E-state index in [9.17, 15) is 14.7 Å². The summed E-state index contributed by atoms with van der Waals surface area (Å²) in [5.74, 6) is -0.392. The van der Waals surface area contributed by atoms with Crippen LogP contribution in [0.3, 0.4) is 0 Å². The van der Waals surface area contributed by atoms with Crippen LogP contribution >= 0.6 is 0 Å². The number of carboxylic acid groups (broad SMARTS) is 1. The van der Waals surface area contributed by atoms with Gasteiger partial charge in [-0.15, -0.1) is 0 Å². The maximum Gasteiger partial charge on any atom is 0.318 e. The Morgan fingerprint density at radius 1 is 1.24 bits per heavy atom. The third-order valence-electron chi connectivity index (χ3n) is 4.48. The Hall–Kier alpha value is -1.26. The van der Waals surface area contributed by atoms with Crippen molar-refractivity contribution in [3.05, 3.63) is 0 Å². The molecule has 0 unspecified atom stereocenters. The summed E-state index contributed by atoms with van der Waals surface area (Å²) in [7, 11) is 0. The molecule has 0 aromatic heterocycles. The first-order chi connectivity index (χ1) is 9.92. The van der Waals surface area contributed by atoms with Crippen molar-refractivity contribution in [2.75, 3.05) is 6.54 Å². The van der Waals surface area contributed by atoms with Gasteiger partial charge in [0, 0.05) is 12.6 Å². The van der Waals surface area contributed by atoms with Crippen molar-refractivity contribution in [3.63, 3.8) is 0 Å². The van der Waals surface area contributed by atoms with Crippen LogP contribution in [-0.4, -0.2) is 40.1 Å².